The average Bonchev–Trinajstić information content (AvgIpc) is 3.44. The van der Waals surface area contributed by atoms with Crippen LogP contribution in [0.5, 0.6) is 0 Å². The monoisotopic (exact) mass is 474 g/mol. The number of furan rings is 1. The Labute approximate surface area is 184 Å². The Bertz CT molecular complexity index is 1390. The van der Waals surface area contributed by atoms with E-state index in [9.17, 15) is 16.8 Å². The second-order valence-electron chi connectivity index (χ2n) is 6.68. The van der Waals surface area contributed by atoms with Gasteiger partial charge in [-0.05, 0) is 43.3 Å². The van der Waals surface area contributed by atoms with Gasteiger partial charge in [0.1, 0.15) is 10.8 Å². The smallest absolute Gasteiger partial charge is 0.233 e. The van der Waals surface area contributed by atoms with Gasteiger partial charge in [0.05, 0.1) is 22.6 Å². The minimum atomic E-state index is -4.06. The quantitative estimate of drug-likeness (QED) is 0.425. The second kappa shape index (κ2) is 8.29. The highest BCUT2D eigenvalue weighted by Crippen LogP contribution is 2.37. The number of anilines is 1. The SMILES string of the molecule is Cc1ccc(S(=O)(=O)c2nc(S(=O)(=O)c3ccccc3)sc2NCc2ccco2)cc1. The zero-order valence-electron chi connectivity index (χ0n) is 16.3. The van der Waals surface area contributed by atoms with Crippen molar-refractivity contribution in [3.63, 3.8) is 0 Å². The number of hydrogen-bond donors (Lipinski definition) is 1. The maximum Gasteiger partial charge on any atom is 0.233 e. The van der Waals surface area contributed by atoms with Gasteiger partial charge in [-0.25, -0.2) is 21.8 Å². The molecule has 0 aliphatic rings. The molecule has 2 aromatic carbocycles. The fourth-order valence-electron chi connectivity index (χ4n) is 2.81. The Morgan fingerprint density at radius 3 is 2.19 bits per heavy atom. The molecule has 0 atom stereocenters. The number of thiazole rings is 1. The lowest BCUT2D eigenvalue weighted by Crippen LogP contribution is -2.08. The van der Waals surface area contributed by atoms with E-state index in [1.165, 1.54) is 30.5 Å². The molecule has 4 rings (SSSR count). The van der Waals surface area contributed by atoms with E-state index in [1.807, 2.05) is 6.92 Å². The van der Waals surface area contributed by atoms with Crippen LogP contribution in [-0.2, 0) is 26.2 Å². The van der Waals surface area contributed by atoms with Crippen molar-refractivity contribution < 1.29 is 21.3 Å². The van der Waals surface area contributed by atoms with Gasteiger partial charge in [-0.3, -0.25) is 0 Å². The summed E-state index contributed by atoms with van der Waals surface area (Å²) < 4.78 is 57.7. The molecule has 0 spiro atoms. The Hall–Kier alpha value is -2.95. The largest absolute Gasteiger partial charge is 0.467 e. The Kier molecular flexibility index (Phi) is 5.69. The molecule has 0 aliphatic heterocycles. The van der Waals surface area contributed by atoms with Crippen LogP contribution < -0.4 is 5.32 Å². The molecule has 10 heteroatoms. The molecular weight excluding hydrogens is 456 g/mol. The number of sulfone groups is 2. The summed E-state index contributed by atoms with van der Waals surface area (Å²) in [5.74, 6) is 0.569. The first-order valence-electron chi connectivity index (χ1n) is 9.17. The lowest BCUT2D eigenvalue weighted by molar-refractivity contribution is 0.518. The summed E-state index contributed by atoms with van der Waals surface area (Å²) >= 11 is 0.777. The van der Waals surface area contributed by atoms with Crippen molar-refractivity contribution in [3.8, 4) is 0 Å². The van der Waals surface area contributed by atoms with E-state index in [0.717, 1.165) is 16.9 Å². The Morgan fingerprint density at radius 1 is 0.871 bits per heavy atom. The van der Waals surface area contributed by atoms with E-state index < -0.39 is 19.7 Å². The third kappa shape index (κ3) is 4.27. The number of aromatic nitrogens is 1. The van der Waals surface area contributed by atoms with Gasteiger partial charge in [0.2, 0.25) is 24.0 Å². The van der Waals surface area contributed by atoms with Crippen LogP contribution in [-0.4, -0.2) is 21.8 Å². The van der Waals surface area contributed by atoms with Crippen LogP contribution in [0.1, 0.15) is 11.3 Å². The highest BCUT2D eigenvalue weighted by molar-refractivity contribution is 7.94. The predicted octanol–water partition coefficient (Wildman–Crippen LogP) is 4.32. The van der Waals surface area contributed by atoms with Gasteiger partial charge in [0.15, 0.2) is 5.03 Å². The molecule has 7 nitrogen and oxygen atoms in total. The highest BCUT2D eigenvalue weighted by atomic mass is 32.2. The first-order chi connectivity index (χ1) is 14.8. The maximum absolute atomic E-state index is 13.3. The van der Waals surface area contributed by atoms with E-state index in [2.05, 4.69) is 10.3 Å². The molecule has 0 aliphatic carbocycles. The molecule has 0 fully saturated rings. The molecule has 2 heterocycles. The van der Waals surface area contributed by atoms with Crippen molar-refractivity contribution in [3.05, 3.63) is 84.3 Å². The van der Waals surface area contributed by atoms with Crippen LogP contribution in [0.3, 0.4) is 0 Å². The molecule has 0 bridgehead atoms. The van der Waals surface area contributed by atoms with Gasteiger partial charge in [0, 0.05) is 0 Å². The highest BCUT2D eigenvalue weighted by Gasteiger charge is 2.31. The third-order valence-corrected chi connectivity index (χ3v) is 9.44. The van der Waals surface area contributed by atoms with Crippen molar-refractivity contribution in [1.29, 1.82) is 0 Å². The first-order valence-corrected chi connectivity index (χ1v) is 13.0. The molecule has 0 radical (unpaired) electrons. The van der Waals surface area contributed by atoms with Crippen molar-refractivity contribution in [2.45, 2.75) is 32.6 Å². The van der Waals surface area contributed by atoms with Gasteiger partial charge in [-0.2, -0.15) is 0 Å². The number of aryl methyl sites for hydroxylation is 1. The van der Waals surface area contributed by atoms with E-state index in [0.29, 0.717) is 5.76 Å². The minimum absolute atomic E-state index is 0.0353. The van der Waals surface area contributed by atoms with Crippen LogP contribution in [0.2, 0.25) is 0 Å². The molecule has 0 saturated heterocycles. The Morgan fingerprint density at radius 2 is 1.55 bits per heavy atom. The lowest BCUT2D eigenvalue weighted by Gasteiger charge is -2.06. The standard InChI is InChI=1S/C21H18N2O5S3/c1-15-9-11-18(12-10-15)30(24,25)20-19(22-14-16-6-5-13-28-16)29-21(23-20)31(26,27)17-7-3-2-4-8-17/h2-13,22H,14H2,1H3. The summed E-state index contributed by atoms with van der Waals surface area (Å²) in [6.45, 7) is 2.02. The Balaban J connectivity index is 1.81. The number of rotatable bonds is 7. The van der Waals surface area contributed by atoms with Crippen molar-refractivity contribution >= 4 is 36.0 Å². The summed E-state index contributed by atoms with van der Waals surface area (Å²) in [4.78, 5) is 4.16. The molecule has 4 aromatic rings. The van der Waals surface area contributed by atoms with Gasteiger partial charge in [-0.1, -0.05) is 47.2 Å². The summed E-state index contributed by atoms with van der Waals surface area (Å²) in [5, 5.41) is 2.77. The van der Waals surface area contributed by atoms with Crippen LogP contribution in [0.4, 0.5) is 5.00 Å². The van der Waals surface area contributed by atoms with E-state index in [4.69, 9.17) is 4.42 Å². The van der Waals surface area contributed by atoms with E-state index in [1.54, 1.807) is 42.5 Å². The summed E-state index contributed by atoms with van der Waals surface area (Å²) in [5.41, 5.74) is 0.903. The van der Waals surface area contributed by atoms with Gasteiger partial charge >= 0.3 is 0 Å². The summed E-state index contributed by atoms with van der Waals surface area (Å²) in [7, 11) is -8.04. The third-order valence-electron chi connectivity index (χ3n) is 4.45. The molecule has 2 aromatic heterocycles. The number of nitrogens with one attached hydrogen (secondary N) is 1. The molecule has 0 saturated carbocycles. The number of benzene rings is 2. The molecule has 0 unspecified atom stereocenters. The topological polar surface area (TPSA) is 106 Å². The summed E-state index contributed by atoms with van der Waals surface area (Å²) in [6, 6.07) is 17.5. The zero-order valence-corrected chi connectivity index (χ0v) is 18.8. The average molecular weight is 475 g/mol. The molecule has 31 heavy (non-hydrogen) atoms. The zero-order chi connectivity index (χ0) is 22.1. The van der Waals surface area contributed by atoms with Crippen LogP contribution >= 0.6 is 11.3 Å². The second-order valence-corrected chi connectivity index (χ2v) is 11.7. The lowest BCUT2D eigenvalue weighted by atomic mass is 10.2. The fraction of sp³-hybridized carbons (Fsp3) is 0.0952. The normalized spacial score (nSPS) is 12.0. The molecular formula is C21H18N2O5S3. The molecule has 160 valence electrons. The summed E-state index contributed by atoms with van der Waals surface area (Å²) in [6.07, 6.45) is 1.50. The van der Waals surface area contributed by atoms with Gasteiger partial charge in [0.25, 0.3) is 0 Å². The predicted molar refractivity (Wildman–Crippen MR) is 117 cm³/mol. The number of hydrogen-bond acceptors (Lipinski definition) is 8. The van der Waals surface area contributed by atoms with Crippen molar-refractivity contribution in [1.82, 2.24) is 4.98 Å². The fourth-order valence-corrected chi connectivity index (χ4v) is 7.12. The van der Waals surface area contributed by atoms with Gasteiger partial charge in [-0.15, -0.1) is 0 Å². The van der Waals surface area contributed by atoms with Crippen LogP contribution in [0.15, 0.2) is 96.6 Å². The van der Waals surface area contributed by atoms with Crippen molar-refractivity contribution in [2.75, 3.05) is 5.32 Å². The van der Waals surface area contributed by atoms with Crippen LogP contribution in [0, 0.1) is 6.92 Å². The number of nitrogens with zero attached hydrogens (tertiary/aromatic N) is 1. The molecule has 1 N–H and O–H groups in total. The minimum Gasteiger partial charge on any atom is -0.467 e. The van der Waals surface area contributed by atoms with Crippen LogP contribution in [0.25, 0.3) is 0 Å². The van der Waals surface area contributed by atoms with Crippen molar-refractivity contribution in [2.24, 2.45) is 0 Å². The van der Waals surface area contributed by atoms with Gasteiger partial charge < -0.3 is 9.73 Å². The first kappa shape index (κ1) is 21.3. The molecule has 0 amide bonds. The van der Waals surface area contributed by atoms with E-state index in [-0.39, 0.29) is 30.7 Å². The van der Waals surface area contributed by atoms with E-state index >= 15 is 0 Å². The maximum atomic E-state index is 13.3.